The minimum atomic E-state index is -0.630. The fraction of sp³-hybridized carbons (Fsp3) is 0.250. The first-order valence-electron chi connectivity index (χ1n) is 14.0. The molecule has 0 fully saturated rings. The number of esters is 1. The molecule has 0 saturated heterocycles. The number of ether oxygens (including phenoxy) is 4. The number of benzene rings is 3. The largest absolute Gasteiger partial charge is 0.490 e. The van der Waals surface area contributed by atoms with Crippen LogP contribution in [0.2, 0.25) is 5.02 Å². The average Bonchev–Trinajstić information content (AvgIpc) is 2.99. The molecule has 1 atom stereocenters. The van der Waals surface area contributed by atoms with E-state index >= 15 is 0 Å². The number of nitrogens with zero attached hydrogens (tertiary/aromatic N) is 1. The van der Waals surface area contributed by atoms with Crippen molar-refractivity contribution >= 4 is 69.6 Å². The van der Waals surface area contributed by atoms with Gasteiger partial charge in [-0.25, -0.2) is 10.2 Å². The third kappa shape index (κ3) is 9.31. The van der Waals surface area contributed by atoms with Crippen molar-refractivity contribution in [3.8, 4) is 17.2 Å². The fourth-order valence-electron chi connectivity index (χ4n) is 4.46. The summed E-state index contributed by atoms with van der Waals surface area (Å²) in [4.78, 5) is 25.4. The van der Waals surface area contributed by atoms with Crippen molar-refractivity contribution in [2.75, 3.05) is 19.8 Å². The second-order valence-corrected chi connectivity index (χ2v) is 11.6. The SMILES string of the molecule is CCOC(=O)C1=C(C)NC(=S)N[C@H]1c1ccccc1OCC(=O)NN=Cc1cc(I)c(OCc2cccc(Cl)c2)c(OCC)c1. The molecule has 0 unspecified atom stereocenters. The molecule has 0 spiro atoms. The molecular weight excluding hydrogens is 731 g/mol. The van der Waals surface area contributed by atoms with E-state index in [0.717, 1.165) is 9.13 Å². The number of allylic oxidation sites excluding steroid dienone is 1. The van der Waals surface area contributed by atoms with E-state index in [1.807, 2.05) is 43.3 Å². The van der Waals surface area contributed by atoms with E-state index in [-0.39, 0.29) is 13.2 Å². The van der Waals surface area contributed by atoms with Gasteiger partial charge < -0.3 is 29.6 Å². The molecule has 3 aromatic carbocycles. The van der Waals surface area contributed by atoms with E-state index < -0.39 is 17.9 Å². The molecule has 4 rings (SSSR count). The Morgan fingerprint density at radius 1 is 1.04 bits per heavy atom. The Morgan fingerprint density at radius 3 is 2.60 bits per heavy atom. The van der Waals surface area contributed by atoms with Crippen LogP contribution < -0.4 is 30.3 Å². The molecule has 0 saturated carbocycles. The molecule has 3 aromatic rings. The van der Waals surface area contributed by atoms with Crippen LogP contribution in [0.4, 0.5) is 0 Å². The van der Waals surface area contributed by atoms with Gasteiger partial charge in [0.05, 0.1) is 34.6 Å². The maximum Gasteiger partial charge on any atom is 0.338 e. The Labute approximate surface area is 285 Å². The number of nitrogens with one attached hydrogen (secondary N) is 3. The van der Waals surface area contributed by atoms with Gasteiger partial charge in [-0.1, -0.05) is 41.9 Å². The van der Waals surface area contributed by atoms with Crippen molar-refractivity contribution in [3.63, 3.8) is 0 Å². The van der Waals surface area contributed by atoms with Crippen molar-refractivity contribution in [1.82, 2.24) is 16.1 Å². The molecule has 0 aliphatic carbocycles. The van der Waals surface area contributed by atoms with Gasteiger partial charge in [0, 0.05) is 16.3 Å². The summed E-state index contributed by atoms with van der Waals surface area (Å²) in [5.74, 6) is 0.598. The standard InChI is InChI=1S/C32H32ClIN4O6S/c1-4-41-26-15-21(14-24(34)30(26)44-17-20-9-8-10-22(33)13-20)16-35-38-27(39)18-43-25-12-7-6-11-23(25)29-28(31(40)42-5-2)19(3)36-32(45)37-29/h6-16,29H,4-5,17-18H2,1-3H3,(H,38,39)(H2,36,37,45)/t29-/m0/s1. The number of hydrazone groups is 1. The van der Waals surface area contributed by atoms with Crippen LogP contribution in [-0.2, 0) is 20.9 Å². The predicted molar refractivity (Wildman–Crippen MR) is 185 cm³/mol. The Bertz CT molecular complexity index is 1630. The van der Waals surface area contributed by atoms with Crippen molar-refractivity contribution in [2.45, 2.75) is 33.4 Å². The summed E-state index contributed by atoms with van der Waals surface area (Å²) in [6.07, 6.45) is 1.51. The number of thiocarbonyl (C=S) groups is 1. The van der Waals surface area contributed by atoms with Gasteiger partial charge in [-0.3, -0.25) is 4.79 Å². The number of carbonyl (C=O) groups is 2. The summed E-state index contributed by atoms with van der Waals surface area (Å²) in [5.41, 5.74) is 5.69. The summed E-state index contributed by atoms with van der Waals surface area (Å²) < 4.78 is 23.8. The van der Waals surface area contributed by atoms with Crippen LogP contribution in [0, 0.1) is 3.57 Å². The van der Waals surface area contributed by atoms with E-state index in [4.69, 9.17) is 42.8 Å². The quantitative estimate of drug-likeness (QED) is 0.0653. The number of para-hydroxylation sites is 1. The van der Waals surface area contributed by atoms with Gasteiger partial charge in [-0.05, 0) is 97.0 Å². The molecule has 1 aliphatic rings. The maximum absolute atomic E-state index is 12.8. The minimum Gasteiger partial charge on any atom is -0.490 e. The van der Waals surface area contributed by atoms with Gasteiger partial charge in [-0.2, -0.15) is 5.10 Å². The Morgan fingerprint density at radius 2 is 1.84 bits per heavy atom. The number of amides is 1. The van der Waals surface area contributed by atoms with E-state index in [2.05, 4.69) is 43.8 Å². The molecule has 3 N–H and O–H groups in total. The van der Waals surface area contributed by atoms with E-state index in [9.17, 15) is 9.59 Å². The molecule has 0 radical (unpaired) electrons. The Kier molecular flexibility index (Phi) is 12.4. The third-order valence-corrected chi connectivity index (χ3v) is 7.62. The van der Waals surface area contributed by atoms with E-state index in [1.54, 1.807) is 38.1 Å². The molecule has 45 heavy (non-hydrogen) atoms. The van der Waals surface area contributed by atoms with Gasteiger partial charge in [0.1, 0.15) is 12.4 Å². The summed E-state index contributed by atoms with van der Waals surface area (Å²) >= 11 is 13.6. The first-order valence-corrected chi connectivity index (χ1v) is 15.9. The first kappa shape index (κ1) is 34.0. The van der Waals surface area contributed by atoms with Crippen LogP contribution in [-0.4, -0.2) is 43.0 Å². The summed E-state index contributed by atoms with van der Waals surface area (Å²) in [7, 11) is 0. The fourth-order valence-corrected chi connectivity index (χ4v) is 5.72. The molecule has 236 valence electrons. The molecule has 0 aromatic heterocycles. The smallest absolute Gasteiger partial charge is 0.338 e. The van der Waals surface area contributed by atoms with Crippen molar-refractivity contribution in [3.05, 3.63) is 97.2 Å². The Hall–Kier alpha value is -3.88. The van der Waals surface area contributed by atoms with Crippen LogP contribution in [0.3, 0.4) is 0 Å². The molecule has 0 bridgehead atoms. The number of rotatable bonds is 13. The van der Waals surface area contributed by atoms with Crippen LogP contribution in [0.5, 0.6) is 17.2 Å². The number of halogens is 2. The lowest BCUT2D eigenvalue weighted by molar-refractivity contribution is -0.139. The highest BCUT2D eigenvalue weighted by Gasteiger charge is 2.32. The number of hydrogen-bond donors (Lipinski definition) is 3. The third-order valence-electron chi connectivity index (χ3n) is 6.36. The average molecular weight is 763 g/mol. The highest BCUT2D eigenvalue weighted by Crippen LogP contribution is 2.35. The van der Waals surface area contributed by atoms with Crippen molar-refractivity contribution < 1.29 is 28.5 Å². The maximum atomic E-state index is 12.8. The van der Waals surface area contributed by atoms with Gasteiger partial charge in [0.25, 0.3) is 5.91 Å². The van der Waals surface area contributed by atoms with Crippen LogP contribution in [0.25, 0.3) is 0 Å². The van der Waals surface area contributed by atoms with E-state index in [0.29, 0.717) is 63.0 Å². The highest BCUT2D eigenvalue weighted by atomic mass is 127. The zero-order valence-electron chi connectivity index (χ0n) is 24.8. The topological polar surface area (TPSA) is 120 Å². The minimum absolute atomic E-state index is 0.222. The molecule has 1 amide bonds. The lowest BCUT2D eigenvalue weighted by Gasteiger charge is -2.30. The molecule has 1 aliphatic heterocycles. The lowest BCUT2D eigenvalue weighted by Crippen LogP contribution is -2.45. The summed E-state index contributed by atoms with van der Waals surface area (Å²) in [5, 5.41) is 11.2. The number of hydrogen-bond acceptors (Lipinski definition) is 8. The molecule has 10 nitrogen and oxygen atoms in total. The van der Waals surface area contributed by atoms with E-state index in [1.165, 1.54) is 6.21 Å². The first-order chi connectivity index (χ1) is 21.7. The van der Waals surface area contributed by atoms with Crippen molar-refractivity contribution in [1.29, 1.82) is 0 Å². The van der Waals surface area contributed by atoms with Crippen LogP contribution in [0.15, 0.2) is 77.0 Å². The van der Waals surface area contributed by atoms with Gasteiger partial charge in [-0.15, -0.1) is 0 Å². The molecule has 1 heterocycles. The Balaban J connectivity index is 1.41. The number of carbonyl (C=O) groups excluding carboxylic acids is 2. The zero-order valence-corrected chi connectivity index (χ0v) is 28.5. The monoisotopic (exact) mass is 762 g/mol. The predicted octanol–water partition coefficient (Wildman–Crippen LogP) is 5.81. The molecule has 13 heteroatoms. The zero-order chi connectivity index (χ0) is 32.3. The second kappa shape index (κ2) is 16.4. The van der Waals surface area contributed by atoms with Crippen LogP contribution >= 0.6 is 46.4 Å². The van der Waals surface area contributed by atoms with Crippen LogP contribution in [0.1, 0.15) is 43.5 Å². The van der Waals surface area contributed by atoms with Crippen molar-refractivity contribution in [2.24, 2.45) is 5.10 Å². The molecular formula is C32H32ClIN4O6S. The summed E-state index contributed by atoms with van der Waals surface area (Å²) in [6, 6.07) is 17.6. The normalized spacial score (nSPS) is 14.4. The lowest BCUT2D eigenvalue weighted by atomic mass is 9.95. The highest BCUT2D eigenvalue weighted by molar-refractivity contribution is 14.1. The second-order valence-electron chi connectivity index (χ2n) is 9.59. The van der Waals surface area contributed by atoms with Gasteiger partial charge >= 0.3 is 5.97 Å². The van der Waals surface area contributed by atoms with Gasteiger partial charge in [0.15, 0.2) is 23.2 Å². The summed E-state index contributed by atoms with van der Waals surface area (Å²) in [6.45, 7) is 6.04. The van der Waals surface area contributed by atoms with Gasteiger partial charge in [0.2, 0.25) is 0 Å².